The van der Waals surface area contributed by atoms with E-state index in [1.54, 1.807) is 24.3 Å². The van der Waals surface area contributed by atoms with E-state index in [1.807, 2.05) is 42.5 Å². The third-order valence-electron chi connectivity index (χ3n) is 4.47. The molecule has 0 saturated heterocycles. The van der Waals surface area contributed by atoms with Crippen molar-refractivity contribution in [2.45, 2.75) is 6.04 Å². The number of fused-ring (bicyclic) bond motifs is 2. The monoisotopic (exact) mass is 358 g/mol. The Morgan fingerprint density at radius 3 is 2.22 bits per heavy atom. The number of carbonyl (C=O) groups excluding carboxylic acids is 2. The first-order valence-corrected chi connectivity index (χ1v) is 8.32. The number of hydroxylamine groups is 2. The maximum absolute atomic E-state index is 12.4. The number of benzene rings is 3. The molecular formula is C20H14N4O3. The average molecular weight is 358 g/mol. The zero-order chi connectivity index (χ0) is 18.8. The highest BCUT2D eigenvalue weighted by molar-refractivity contribution is 6.20. The van der Waals surface area contributed by atoms with Crippen molar-refractivity contribution in [2.75, 3.05) is 6.61 Å². The van der Waals surface area contributed by atoms with Gasteiger partial charge in [0.15, 0.2) is 0 Å². The van der Waals surface area contributed by atoms with Crippen LogP contribution in [0.2, 0.25) is 0 Å². The van der Waals surface area contributed by atoms with Gasteiger partial charge < -0.3 is 0 Å². The molecule has 2 amide bonds. The van der Waals surface area contributed by atoms with E-state index < -0.39 is 17.9 Å². The molecular weight excluding hydrogens is 344 g/mol. The highest BCUT2D eigenvalue weighted by Gasteiger charge is 2.36. The molecule has 1 aliphatic heterocycles. The summed E-state index contributed by atoms with van der Waals surface area (Å²) in [6.45, 7) is -0.131. The van der Waals surface area contributed by atoms with Crippen molar-refractivity contribution in [2.24, 2.45) is 5.11 Å². The molecule has 4 rings (SSSR count). The third kappa shape index (κ3) is 3.01. The Kier molecular flexibility index (Phi) is 4.30. The molecule has 0 fully saturated rings. The predicted molar refractivity (Wildman–Crippen MR) is 98.7 cm³/mol. The molecule has 1 heterocycles. The van der Waals surface area contributed by atoms with Crippen molar-refractivity contribution >= 4 is 22.6 Å². The van der Waals surface area contributed by atoms with Crippen molar-refractivity contribution in [1.82, 2.24) is 5.06 Å². The van der Waals surface area contributed by atoms with Crippen LogP contribution in [-0.4, -0.2) is 23.5 Å². The van der Waals surface area contributed by atoms with E-state index in [-0.39, 0.29) is 6.61 Å². The van der Waals surface area contributed by atoms with Crippen LogP contribution >= 0.6 is 0 Å². The molecule has 0 N–H and O–H groups in total. The number of carbonyl (C=O) groups is 2. The lowest BCUT2D eigenvalue weighted by atomic mass is 10.0. The van der Waals surface area contributed by atoms with E-state index in [9.17, 15) is 9.59 Å². The zero-order valence-electron chi connectivity index (χ0n) is 14.1. The highest BCUT2D eigenvalue weighted by Crippen LogP contribution is 2.26. The van der Waals surface area contributed by atoms with Crippen molar-refractivity contribution in [3.8, 4) is 0 Å². The van der Waals surface area contributed by atoms with E-state index in [2.05, 4.69) is 10.0 Å². The normalized spacial score (nSPS) is 14.1. The van der Waals surface area contributed by atoms with Gasteiger partial charge >= 0.3 is 0 Å². The van der Waals surface area contributed by atoms with Crippen LogP contribution in [0.5, 0.6) is 0 Å². The Labute approximate surface area is 154 Å². The SMILES string of the molecule is [N-]=[N+]=NC(CON1C(=O)c2ccccc2C1=O)c1ccc2ccccc2c1. The Morgan fingerprint density at radius 2 is 1.56 bits per heavy atom. The molecule has 1 aliphatic rings. The summed E-state index contributed by atoms with van der Waals surface area (Å²) >= 11 is 0. The van der Waals surface area contributed by atoms with E-state index in [4.69, 9.17) is 10.4 Å². The van der Waals surface area contributed by atoms with Crippen LogP contribution in [0.1, 0.15) is 32.3 Å². The molecule has 7 nitrogen and oxygen atoms in total. The minimum absolute atomic E-state index is 0.131. The lowest BCUT2D eigenvalue weighted by Gasteiger charge is -2.17. The number of azide groups is 1. The molecule has 27 heavy (non-hydrogen) atoms. The molecule has 0 radical (unpaired) electrons. The predicted octanol–water partition coefficient (Wildman–Crippen LogP) is 4.42. The molecule has 1 atom stereocenters. The zero-order valence-corrected chi connectivity index (χ0v) is 14.1. The first kappa shape index (κ1) is 16.8. The van der Waals surface area contributed by atoms with Crippen molar-refractivity contribution in [1.29, 1.82) is 0 Å². The van der Waals surface area contributed by atoms with E-state index in [0.717, 1.165) is 21.4 Å². The van der Waals surface area contributed by atoms with Crippen LogP contribution in [0.3, 0.4) is 0 Å². The summed E-state index contributed by atoms with van der Waals surface area (Å²) in [6.07, 6.45) is 0. The molecule has 7 heteroatoms. The fourth-order valence-electron chi connectivity index (χ4n) is 3.10. The number of amides is 2. The number of nitrogens with zero attached hydrogens (tertiary/aromatic N) is 4. The molecule has 132 valence electrons. The fraction of sp³-hybridized carbons (Fsp3) is 0.100. The second kappa shape index (κ2) is 6.92. The second-order valence-corrected chi connectivity index (χ2v) is 6.07. The van der Waals surface area contributed by atoms with Crippen LogP contribution in [0, 0.1) is 0 Å². The van der Waals surface area contributed by atoms with E-state index in [0.29, 0.717) is 11.1 Å². The van der Waals surface area contributed by atoms with Crippen molar-refractivity contribution < 1.29 is 14.4 Å². The first-order chi connectivity index (χ1) is 13.2. The van der Waals surface area contributed by atoms with Crippen LogP contribution in [0.4, 0.5) is 0 Å². The molecule has 0 bridgehead atoms. The van der Waals surface area contributed by atoms with Gasteiger partial charge in [0, 0.05) is 4.91 Å². The first-order valence-electron chi connectivity index (χ1n) is 8.32. The van der Waals surface area contributed by atoms with E-state index in [1.165, 1.54) is 0 Å². The summed E-state index contributed by atoms with van der Waals surface area (Å²) in [5.41, 5.74) is 10.2. The summed E-state index contributed by atoms with van der Waals surface area (Å²) in [5, 5.41) is 6.55. The topological polar surface area (TPSA) is 95.4 Å². The quantitative estimate of drug-likeness (QED) is 0.292. The standard InChI is InChI=1S/C20H14N4O3/c21-23-22-18(15-10-9-13-5-1-2-6-14(13)11-15)12-27-24-19(25)16-7-3-4-8-17(16)20(24)26/h1-11,18H,12H2. The van der Waals surface area contributed by atoms with Crippen LogP contribution in [0.15, 0.2) is 71.8 Å². The number of imide groups is 1. The minimum atomic E-state index is -0.677. The second-order valence-electron chi connectivity index (χ2n) is 6.07. The molecule has 0 aliphatic carbocycles. The summed E-state index contributed by atoms with van der Waals surface area (Å²) in [7, 11) is 0. The average Bonchev–Trinajstić information content (AvgIpc) is 2.95. The number of hydrogen-bond acceptors (Lipinski definition) is 4. The van der Waals surface area contributed by atoms with Gasteiger partial charge in [0.25, 0.3) is 11.8 Å². The van der Waals surface area contributed by atoms with Gasteiger partial charge in [-0.05, 0) is 34.0 Å². The van der Waals surface area contributed by atoms with Crippen LogP contribution in [-0.2, 0) is 4.84 Å². The minimum Gasteiger partial charge on any atom is -0.266 e. The van der Waals surface area contributed by atoms with Crippen molar-refractivity contribution in [3.63, 3.8) is 0 Å². The number of hydrogen-bond donors (Lipinski definition) is 0. The van der Waals surface area contributed by atoms with Crippen LogP contribution < -0.4 is 0 Å². The third-order valence-corrected chi connectivity index (χ3v) is 4.47. The maximum Gasteiger partial charge on any atom is 0.285 e. The van der Waals surface area contributed by atoms with Gasteiger partial charge in [0.2, 0.25) is 0 Å². The summed E-state index contributed by atoms with van der Waals surface area (Å²) in [5.74, 6) is -1.04. The van der Waals surface area contributed by atoms with Crippen LogP contribution in [0.25, 0.3) is 21.2 Å². The molecule has 1 unspecified atom stereocenters. The van der Waals surface area contributed by atoms with Gasteiger partial charge in [-0.15, -0.1) is 5.06 Å². The molecule has 3 aromatic carbocycles. The lowest BCUT2D eigenvalue weighted by molar-refractivity contribution is -0.0955. The summed E-state index contributed by atoms with van der Waals surface area (Å²) in [6, 6.07) is 19.3. The maximum atomic E-state index is 12.4. The van der Waals surface area contributed by atoms with Gasteiger partial charge in [-0.1, -0.05) is 59.7 Å². The highest BCUT2D eigenvalue weighted by atomic mass is 16.7. The van der Waals surface area contributed by atoms with Gasteiger partial charge in [0.05, 0.1) is 23.8 Å². The Balaban J connectivity index is 1.57. The van der Waals surface area contributed by atoms with Gasteiger partial charge in [-0.2, -0.15) is 0 Å². The molecule has 3 aromatic rings. The van der Waals surface area contributed by atoms with Gasteiger partial charge in [-0.25, -0.2) is 0 Å². The molecule has 0 aromatic heterocycles. The van der Waals surface area contributed by atoms with Gasteiger partial charge in [0.1, 0.15) is 0 Å². The summed E-state index contributed by atoms with van der Waals surface area (Å²) in [4.78, 5) is 33.1. The largest absolute Gasteiger partial charge is 0.285 e. The lowest BCUT2D eigenvalue weighted by Crippen LogP contribution is -2.31. The Bertz CT molecular complexity index is 1070. The number of rotatable bonds is 5. The Morgan fingerprint density at radius 1 is 0.926 bits per heavy atom. The van der Waals surface area contributed by atoms with Crippen molar-refractivity contribution in [3.05, 3.63) is 93.9 Å². The Hall–Kier alpha value is -3.67. The molecule has 0 spiro atoms. The fourth-order valence-corrected chi connectivity index (χ4v) is 3.10. The summed E-state index contributed by atoms with van der Waals surface area (Å²) < 4.78 is 0. The molecule has 0 saturated carbocycles. The van der Waals surface area contributed by atoms with E-state index >= 15 is 0 Å². The smallest absolute Gasteiger partial charge is 0.266 e. The van der Waals surface area contributed by atoms with Gasteiger partial charge in [-0.3, -0.25) is 14.4 Å².